The summed E-state index contributed by atoms with van der Waals surface area (Å²) in [5, 5.41) is 3.68. The monoisotopic (exact) mass is 331 g/mol. The molecule has 0 spiro atoms. The maximum Gasteiger partial charge on any atom is 0.441 e. The molecule has 118 valence electrons. The summed E-state index contributed by atoms with van der Waals surface area (Å²) < 4.78 is 30.4. The van der Waals surface area contributed by atoms with E-state index in [4.69, 9.17) is 0 Å². The highest BCUT2D eigenvalue weighted by atomic mass is 32.2. The summed E-state index contributed by atoms with van der Waals surface area (Å²) in [5.74, 6) is -0.745. The minimum atomic E-state index is -3.50. The smallest absolute Gasteiger partial charge is 0.295 e. The van der Waals surface area contributed by atoms with Gasteiger partial charge >= 0.3 is 5.76 Å². The standard InChI is InChI=1S/C15H13N3O4S/c19-15-18(14(17-22-15)13-8-4-5-9-16-13)10-11-23(20,21)12-6-2-1-3-7-12/h1-9H,10-11H2. The second-order valence-corrected chi connectivity index (χ2v) is 6.88. The topological polar surface area (TPSA) is 95.1 Å². The summed E-state index contributed by atoms with van der Waals surface area (Å²) in [4.78, 5) is 16.1. The lowest BCUT2D eigenvalue weighted by Crippen LogP contribution is -2.21. The van der Waals surface area contributed by atoms with Crippen LogP contribution in [0.5, 0.6) is 0 Å². The van der Waals surface area contributed by atoms with E-state index < -0.39 is 15.6 Å². The Morgan fingerprint density at radius 2 is 1.78 bits per heavy atom. The van der Waals surface area contributed by atoms with E-state index >= 15 is 0 Å². The quantitative estimate of drug-likeness (QED) is 0.701. The van der Waals surface area contributed by atoms with Crippen LogP contribution in [-0.4, -0.2) is 28.9 Å². The molecule has 0 atom stereocenters. The minimum absolute atomic E-state index is 0.0640. The molecule has 7 nitrogen and oxygen atoms in total. The molecule has 0 unspecified atom stereocenters. The Morgan fingerprint density at radius 1 is 1.04 bits per heavy atom. The first-order valence-corrected chi connectivity index (χ1v) is 8.49. The number of nitrogens with zero attached hydrogens (tertiary/aromatic N) is 3. The first-order valence-electron chi connectivity index (χ1n) is 6.84. The van der Waals surface area contributed by atoms with Crippen molar-refractivity contribution >= 4 is 9.84 Å². The molecule has 0 bridgehead atoms. The van der Waals surface area contributed by atoms with Gasteiger partial charge in [-0.05, 0) is 24.3 Å². The molecule has 0 fully saturated rings. The van der Waals surface area contributed by atoms with Crippen LogP contribution in [0.25, 0.3) is 11.5 Å². The first kappa shape index (κ1) is 15.2. The van der Waals surface area contributed by atoms with Gasteiger partial charge in [-0.25, -0.2) is 13.2 Å². The molecule has 0 amide bonds. The Bertz CT molecular complexity index is 947. The van der Waals surface area contributed by atoms with Gasteiger partial charge in [0.2, 0.25) is 5.82 Å². The van der Waals surface area contributed by atoms with Gasteiger partial charge in [-0.15, -0.1) is 0 Å². The number of pyridine rings is 1. The zero-order valence-corrected chi connectivity index (χ0v) is 12.8. The van der Waals surface area contributed by atoms with Gasteiger partial charge in [-0.1, -0.05) is 29.4 Å². The lowest BCUT2D eigenvalue weighted by molar-refractivity contribution is 0.377. The van der Waals surface area contributed by atoms with E-state index in [2.05, 4.69) is 14.7 Å². The van der Waals surface area contributed by atoms with E-state index in [0.717, 1.165) is 0 Å². The van der Waals surface area contributed by atoms with Crippen LogP contribution in [0.1, 0.15) is 0 Å². The Kier molecular flexibility index (Phi) is 4.07. The summed E-state index contributed by atoms with van der Waals surface area (Å²) in [5.41, 5.74) is 0.440. The Hall–Kier alpha value is -2.74. The number of sulfone groups is 1. The van der Waals surface area contributed by atoms with Crippen LogP contribution < -0.4 is 5.76 Å². The number of hydrogen-bond acceptors (Lipinski definition) is 6. The highest BCUT2D eigenvalue weighted by Gasteiger charge is 2.18. The van der Waals surface area contributed by atoms with Crippen LogP contribution in [0.4, 0.5) is 0 Å². The van der Waals surface area contributed by atoms with E-state index in [-0.39, 0.29) is 23.0 Å². The van der Waals surface area contributed by atoms with Crippen LogP contribution in [0.3, 0.4) is 0 Å². The molecular formula is C15H13N3O4S. The Labute approximate surface area is 132 Å². The summed E-state index contributed by atoms with van der Waals surface area (Å²) in [6.07, 6.45) is 1.56. The van der Waals surface area contributed by atoms with Gasteiger partial charge in [0.1, 0.15) is 5.69 Å². The van der Waals surface area contributed by atoms with Crippen molar-refractivity contribution in [3.63, 3.8) is 0 Å². The molecule has 0 N–H and O–H groups in total. The van der Waals surface area contributed by atoms with E-state index in [1.165, 1.54) is 16.7 Å². The van der Waals surface area contributed by atoms with E-state index in [1.807, 2.05) is 0 Å². The largest absolute Gasteiger partial charge is 0.441 e. The summed E-state index contributed by atoms with van der Waals surface area (Å²) in [6, 6.07) is 13.2. The van der Waals surface area contributed by atoms with Crippen LogP contribution in [0.2, 0.25) is 0 Å². The number of benzene rings is 1. The number of aromatic nitrogens is 3. The molecule has 0 radical (unpaired) electrons. The Morgan fingerprint density at radius 3 is 2.48 bits per heavy atom. The fourth-order valence-corrected chi connectivity index (χ4v) is 3.33. The zero-order chi connectivity index (χ0) is 16.3. The third-order valence-corrected chi connectivity index (χ3v) is 4.98. The van der Waals surface area contributed by atoms with Crippen molar-refractivity contribution < 1.29 is 12.9 Å². The van der Waals surface area contributed by atoms with Crippen LogP contribution >= 0.6 is 0 Å². The molecule has 23 heavy (non-hydrogen) atoms. The maximum atomic E-state index is 12.3. The lowest BCUT2D eigenvalue weighted by Gasteiger charge is -2.06. The second kappa shape index (κ2) is 6.17. The lowest BCUT2D eigenvalue weighted by atomic mass is 10.3. The van der Waals surface area contributed by atoms with Gasteiger partial charge in [-0.3, -0.25) is 14.1 Å². The van der Waals surface area contributed by atoms with Crippen molar-refractivity contribution in [3.8, 4) is 11.5 Å². The number of hydrogen-bond donors (Lipinski definition) is 0. The number of rotatable bonds is 5. The molecule has 1 aromatic carbocycles. The predicted octanol–water partition coefficient (Wildman–Crippen LogP) is 1.37. The predicted molar refractivity (Wildman–Crippen MR) is 82.5 cm³/mol. The fraction of sp³-hybridized carbons (Fsp3) is 0.133. The molecule has 2 heterocycles. The van der Waals surface area contributed by atoms with Gasteiger partial charge in [-0.2, -0.15) is 0 Å². The minimum Gasteiger partial charge on any atom is -0.295 e. The van der Waals surface area contributed by atoms with E-state index in [9.17, 15) is 13.2 Å². The van der Waals surface area contributed by atoms with Gasteiger partial charge in [0.05, 0.1) is 10.6 Å². The molecule has 0 saturated heterocycles. The van der Waals surface area contributed by atoms with Crippen molar-refractivity contribution in [1.82, 2.24) is 14.7 Å². The second-order valence-electron chi connectivity index (χ2n) is 4.77. The van der Waals surface area contributed by atoms with E-state index in [0.29, 0.717) is 5.69 Å². The van der Waals surface area contributed by atoms with Crippen molar-refractivity contribution in [2.24, 2.45) is 0 Å². The van der Waals surface area contributed by atoms with Gasteiger partial charge in [0.25, 0.3) is 0 Å². The highest BCUT2D eigenvalue weighted by molar-refractivity contribution is 7.91. The molecule has 0 aliphatic rings. The molecular weight excluding hydrogens is 318 g/mol. The van der Waals surface area contributed by atoms with E-state index in [1.54, 1.807) is 42.6 Å². The van der Waals surface area contributed by atoms with Crippen molar-refractivity contribution in [2.75, 3.05) is 5.75 Å². The van der Waals surface area contributed by atoms with Crippen LogP contribution in [-0.2, 0) is 16.4 Å². The first-order chi connectivity index (χ1) is 11.1. The summed E-state index contributed by atoms with van der Waals surface area (Å²) >= 11 is 0. The normalized spacial score (nSPS) is 11.5. The molecule has 3 aromatic rings. The molecule has 0 saturated carbocycles. The summed E-state index contributed by atoms with van der Waals surface area (Å²) in [6.45, 7) is -0.0640. The van der Waals surface area contributed by atoms with Crippen molar-refractivity contribution in [1.29, 1.82) is 0 Å². The maximum absolute atomic E-state index is 12.3. The van der Waals surface area contributed by atoms with Crippen molar-refractivity contribution in [3.05, 3.63) is 65.3 Å². The molecule has 2 aromatic heterocycles. The van der Waals surface area contributed by atoms with Crippen molar-refractivity contribution in [2.45, 2.75) is 11.4 Å². The van der Waals surface area contributed by atoms with Crippen LogP contribution in [0.15, 0.2) is 68.9 Å². The van der Waals surface area contributed by atoms with Gasteiger partial charge in [0.15, 0.2) is 9.84 Å². The molecule has 0 aliphatic carbocycles. The average Bonchev–Trinajstić information content (AvgIpc) is 2.95. The van der Waals surface area contributed by atoms with Gasteiger partial charge < -0.3 is 0 Å². The zero-order valence-electron chi connectivity index (χ0n) is 12.0. The fourth-order valence-electron chi connectivity index (χ4n) is 2.10. The third-order valence-electron chi connectivity index (χ3n) is 3.27. The SMILES string of the molecule is O=c1onc(-c2ccccn2)n1CCS(=O)(=O)c1ccccc1. The molecule has 3 rings (SSSR count). The molecule has 8 heteroatoms. The van der Waals surface area contributed by atoms with Crippen LogP contribution in [0, 0.1) is 0 Å². The van der Waals surface area contributed by atoms with Gasteiger partial charge in [0, 0.05) is 12.7 Å². The Balaban J connectivity index is 1.88. The third kappa shape index (κ3) is 3.21. The highest BCUT2D eigenvalue weighted by Crippen LogP contribution is 2.14. The molecule has 0 aliphatic heterocycles. The average molecular weight is 331 g/mol. The summed E-state index contributed by atoms with van der Waals surface area (Å²) in [7, 11) is -3.50.